The summed E-state index contributed by atoms with van der Waals surface area (Å²) >= 11 is 8.25. The Kier molecular flexibility index (Phi) is 4.63. The fourth-order valence-corrected chi connectivity index (χ4v) is 6.17. The summed E-state index contributed by atoms with van der Waals surface area (Å²) in [5.41, 5.74) is 7.66. The second-order valence-electron chi connectivity index (χ2n) is 7.89. The van der Waals surface area contributed by atoms with Gasteiger partial charge in [0, 0.05) is 47.3 Å². The highest BCUT2D eigenvalue weighted by Crippen LogP contribution is 2.49. The van der Waals surface area contributed by atoms with Gasteiger partial charge in [0.15, 0.2) is 0 Å². The van der Waals surface area contributed by atoms with E-state index in [0.29, 0.717) is 17.0 Å². The molecule has 1 fully saturated rings. The van der Waals surface area contributed by atoms with Gasteiger partial charge < -0.3 is 15.3 Å². The van der Waals surface area contributed by atoms with Crippen LogP contribution >= 0.6 is 23.4 Å². The summed E-state index contributed by atoms with van der Waals surface area (Å²) in [4.78, 5) is 2.69. The van der Waals surface area contributed by atoms with Gasteiger partial charge >= 0.3 is 0 Å². The fourth-order valence-electron chi connectivity index (χ4n) is 5.08. The largest absolute Gasteiger partial charge is 0.389 e. The molecule has 0 aliphatic carbocycles. The van der Waals surface area contributed by atoms with Gasteiger partial charge in [0.05, 0.1) is 6.10 Å². The molecule has 0 bridgehead atoms. The molecule has 1 unspecified atom stereocenters. The minimum absolute atomic E-state index is 0.541. The zero-order valence-electron chi connectivity index (χ0n) is 15.5. The Morgan fingerprint density at radius 3 is 3.04 bits per heavy atom. The summed E-state index contributed by atoms with van der Waals surface area (Å²) in [6.45, 7) is 5.15. The normalized spacial score (nSPS) is 24.9. The first kappa shape index (κ1) is 17.9. The number of hydrogen-bond acceptors (Lipinski definition) is 4. The van der Waals surface area contributed by atoms with Crippen molar-refractivity contribution in [3.63, 3.8) is 0 Å². The van der Waals surface area contributed by atoms with E-state index in [-0.39, 0.29) is 0 Å². The second kappa shape index (κ2) is 7.00. The molecule has 5 rings (SSSR count). The van der Waals surface area contributed by atoms with Crippen LogP contribution in [-0.4, -0.2) is 36.5 Å². The number of aliphatic hydroxyl groups excluding tert-OH is 1. The Morgan fingerprint density at radius 2 is 2.19 bits per heavy atom. The summed E-state index contributed by atoms with van der Waals surface area (Å²) in [6, 6.07) is 11.3. The smallest absolute Gasteiger partial charge is 0.0768 e. The van der Waals surface area contributed by atoms with Gasteiger partial charge in [-0.1, -0.05) is 17.7 Å². The van der Waals surface area contributed by atoms with E-state index < -0.39 is 6.10 Å². The minimum atomic E-state index is -0.541. The van der Waals surface area contributed by atoms with Crippen LogP contribution in [-0.2, 0) is 5.75 Å². The zero-order valence-corrected chi connectivity index (χ0v) is 17.1. The van der Waals surface area contributed by atoms with Crippen molar-refractivity contribution in [1.29, 1.82) is 0 Å². The minimum Gasteiger partial charge on any atom is -0.389 e. The maximum Gasteiger partial charge on any atom is 0.0768 e. The van der Waals surface area contributed by atoms with Crippen LogP contribution < -0.4 is 10.2 Å². The van der Waals surface area contributed by atoms with Crippen LogP contribution in [0.3, 0.4) is 0 Å². The van der Waals surface area contributed by atoms with E-state index >= 15 is 0 Å². The monoisotopic (exact) mass is 400 g/mol. The molecule has 1 saturated heterocycles. The van der Waals surface area contributed by atoms with E-state index in [4.69, 9.17) is 11.6 Å². The molecular weight excluding hydrogens is 376 g/mol. The van der Waals surface area contributed by atoms with Crippen LogP contribution in [0.5, 0.6) is 0 Å². The molecular formula is C22H25ClN2OS. The molecule has 0 radical (unpaired) electrons. The molecule has 27 heavy (non-hydrogen) atoms. The van der Waals surface area contributed by atoms with Crippen LogP contribution in [0.1, 0.15) is 42.1 Å². The van der Waals surface area contributed by atoms with Crippen molar-refractivity contribution >= 4 is 29.1 Å². The molecule has 5 heteroatoms. The first-order chi connectivity index (χ1) is 13.1. The van der Waals surface area contributed by atoms with E-state index in [9.17, 15) is 5.11 Å². The molecule has 2 aromatic carbocycles. The van der Waals surface area contributed by atoms with Gasteiger partial charge in [-0.05, 0) is 72.0 Å². The molecule has 3 atom stereocenters. The summed E-state index contributed by atoms with van der Waals surface area (Å²) in [6.07, 6.45) is 0.680. The Hall–Kier alpha value is -1.20. The van der Waals surface area contributed by atoms with Crippen LogP contribution in [0.25, 0.3) is 11.1 Å². The van der Waals surface area contributed by atoms with Gasteiger partial charge in [-0.25, -0.2) is 0 Å². The van der Waals surface area contributed by atoms with Crippen LogP contribution in [0, 0.1) is 0 Å². The number of fused-ring (bicyclic) bond motifs is 3. The van der Waals surface area contributed by atoms with Gasteiger partial charge in [-0.2, -0.15) is 11.8 Å². The third-order valence-corrected chi connectivity index (χ3v) is 7.48. The molecule has 0 aromatic heterocycles. The molecule has 0 saturated carbocycles. The van der Waals surface area contributed by atoms with E-state index in [1.165, 1.54) is 34.6 Å². The molecule has 142 valence electrons. The van der Waals surface area contributed by atoms with Gasteiger partial charge in [-0.15, -0.1) is 0 Å². The van der Waals surface area contributed by atoms with Crippen molar-refractivity contribution < 1.29 is 5.11 Å². The number of piperidine rings is 1. The lowest BCUT2D eigenvalue weighted by Gasteiger charge is -2.33. The number of rotatable bonds is 2. The molecule has 0 spiro atoms. The maximum absolute atomic E-state index is 10.3. The zero-order chi connectivity index (χ0) is 18.5. The number of hydrogen-bond donors (Lipinski definition) is 2. The standard InChI is InChI=1S/C22H25ClN2OS/c1-13(26)18-10-16(23)2-3-17(18)14-8-15-12-27-7-6-25-21-4-5-24-11-20(21)19(9-14)22(15)25/h2-3,8-10,13,20-21,24,26H,4-7,11-12H2,1H3/t13?,20-,21-/m0/s1. The molecule has 3 heterocycles. The van der Waals surface area contributed by atoms with Crippen LogP contribution in [0.4, 0.5) is 5.69 Å². The highest BCUT2D eigenvalue weighted by molar-refractivity contribution is 7.98. The average molecular weight is 401 g/mol. The van der Waals surface area contributed by atoms with Crippen molar-refractivity contribution in [2.24, 2.45) is 0 Å². The number of benzene rings is 2. The Balaban J connectivity index is 1.69. The number of halogens is 1. The average Bonchev–Trinajstić information content (AvgIpc) is 2.83. The third kappa shape index (κ3) is 2.98. The Labute approximate surface area is 170 Å². The SMILES string of the molecule is CC(O)c1cc(Cl)ccc1-c1cc2c3c(c1)[C@@H]1CNCC[C@@H]1N3CCSC2. The number of nitrogens with zero attached hydrogens (tertiary/aromatic N) is 1. The highest BCUT2D eigenvalue weighted by atomic mass is 35.5. The quantitative estimate of drug-likeness (QED) is 0.773. The molecule has 3 aliphatic heterocycles. The van der Waals surface area contributed by atoms with Gasteiger partial charge in [0.2, 0.25) is 0 Å². The van der Waals surface area contributed by atoms with Crippen molar-refractivity contribution in [2.75, 3.05) is 30.3 Å². The van der Waals surface area contributed by atoms with E-state index in [1.807, 2.05) is 30.8 Å². The first-order valence-electron chi connectivity index (χ1n) is 9.83. The van der Waals surface area contributed by atoms with Crippen molar-refractivity contribution in [3.8, 4) is 11.1 Å². The Bertz CT molecular complexity index is 885. The highest BCUT2D eigenvalue weighted by Gasteiger charge is 2.41. The second-order valence-corrected chi connectivity index (χ2v) is 9.43. The summed E-state index contributed by atoms with van der Waals surface area (Å²) in [5, 5.41) is 14.6. The molecule has 3 nitrogen and oxygen atoms in total. The van der Waals surface area contributed by atoms with E-state index in [0.717, 1.165) is 36.5 Å². The lowest BCUT2D eigenvalue weighted by Crippen LogP contribution is -2.44. The van der Waals surface area contributed by atoms with Crippen LogP contribution in [0.15, 0.2) is 30.3 Å². The predicted molar refractivity (Wildman–Crippen MR) is 115 cm³/mol. The predicted octanol–water partition coefficient (Wildman–Crippen LogP) is 4.57. The molecule has 2 aromatic rings. The fraction of sp³-hybridized carbons (Fsp3) is 0.455. The van der Waals surface area contributed by atoms with Crippen molar-refractivity contribution in [2.45, 2.75) is 37.2 Å². The summed E-state index contributed by atoms with van der Waals surface area (Å²) in [7, 11) is 0. The topological polar surface area (TPSA) is 35.5 Å². The Morgan fingerprint density at radius 1 is 1.30 bits per heavy atom. The van der Waals surface area contributed by atoms with E-state index in [2.05, 4.69) is 28.4 Å². The molecule has 0 amide bonds. The lowest BCUT2D eigenvalue weighted by molar-refractivity contribution is 0.200. The third-order valence-electron chi connectivity index (χ3n) is 6.26. The molecule has 3 aliphatic rings. The van der Waals surface area contributed by atoms with E-state index in [1.54, 1.807) is 0 Å². The maximum atomic E-state index is 10.3. The van der Waals surface area contributed by atoms with Gasteiger partial charge in [0.1, 0.15) is 0 Å². The number of thioether (sulfide) groups is 1. The van der Waals surface area contributed by atoms with Crippen LogP contribution in [0.2, 0.25) is 5.02 Å². The number of anilines is 1. The first-order valence-corrected chi connectivity index (χ1v) is 11.4. The summed E-state index contributed by atoms with van der Waals surface area (Å²) in [5.74, 6) is 2.83. The van der Waals surface area contributed by atoms with Crippen molar-refractivity contribution in [3.05, 3.63) is 52.0 Å². The van der Waals surface area contributed by atoms with Gasteiger partial charge in [0.25, 0.3) is 0 Å². The number of aliphatic hydroxyl groups is 1. The van der Waals surface area contributed by atoms with Gasteiger partial charge in [-0.3, -0.25) is 0 Å². The van der Waals surface area contributed by atoms with Crippen molar-refractivity contribution in [1.82, 2.24) is 5.32 Å². The summed E-state index contributed by atoms with van der Waals surface area (Å²) < 4.78 is 0. The molecule has 2 N–H and O–H groups in total. The lowest BCUT2D eigenvalue weighted by atomic mass is 9.87. The number of nitrogens with one attached hydrogen (secondary N) is 1.